The molecule has 0 aliphatic rings. The first-order valence-corrected chi connectivity index (χ1v) is 10.1. The Bertz CT molecular complexity index is 1040. The number of ether oxygens (including phenoxy) is 2. The molecule has 0 amide bonds. The Morgan fingerprint density at radius 1 is 0.967 bits per heavy atom. The van der Waals surface area contributed by atoms with Crippen LogP contribution in [0.1, 0.15) is 28.4 Å². The lowest BCUT2D eigenvalue weighted by atomic mass is 10.1. The summed E-state index contributed by atoms with van der Waals surface area (Å²) < 4.78 is 11.7. The highest BCUT2D eigenvalue weighted by Crippen LogP contribution is 2.30. The maximum atomic E-state index is 11.2. The van der Waals surface area contributed by atoms with Gasteiger partial charge >= 0.3 is 5.97 Å². The van der Waals surface area contributed by atoms with Crippen molar-refractivity contribution < 1.29 is 19.4 Å². The number of aromatic carboxylic acids is 1. The van der Waals surface area contributed by atoms with Gasteiger partial charge in [-0.15, -0.1) is 0 Å². The van der Waals surface area contributed by atoms with Gasteiger partial charge in [0, 0.05) is 22.8 Å². The minimum Gasteiger partial charge on any atom is -0.490 e. The van der Waals surface area contributed by atoms with E-state index in [2.05, 4.69) is 5.32 Å². The third-order valence-corrected chi connectivity index (χ3v) is 5.04. The number of rotatable bonds is 9. The molecule has 3 aromatic carbocycles. The molecule has 5 nitrogen and oxygen atoms in total. The summed E-state index contributed by atoms with van der Waals surface area (Å²) in [5.41, 5.74) is 2.56. The van der Waals surface area contributed by atoms with Crippen LogP contribution < -0.4 is 14.8 Å². The zero-order chi connectivity index (χ0) is 21.5. The van der Waals surface area contributed by atoms with Gasteiger partial charge in [-0.25, -0.2) is 4.79 Å². The first-order valence-electron chi connectivity index (χ1n) is 9.36. The van der Waals surface area contributed by atoms with Gasteiger partial charge in [0.25, 0.3) is 0 Å². The van der Waals surface area contributed by atoms with E-state index in [0.29, 0.717) is 42.0 Å². The van der Waals surface area contributed by atoms with Gasteiger partial charge in [0.05, 0.1) is 17.2 Å². The summed E-state index contributed by atoms with van der Waals surface area (Å²) >= 11 is 12.1. The highest BCUT2D eigenvalue weighted by molar-refractivity contribution is 6.33. The summed E-state index contributed by atoms with van der Waals surface area (Å²) in [5, 5.41) is 13.3. The maximum absolute atomic E-state index is 11.2. The van der Waals surface area contributed by atoms with Crippen LogP contribution in [-0.4, -0.2) is 17.7 Å². The van der Waals surface area contributed by atoms with E-state index in [0.717, 1.165) is 11.1 Å². The van der Waals surface area contributed by atoms with Crippen molar-refractivity contribution in [3.8, 4) is 11.5 Å². The molecule has 0 saturated carbocycles. The van der Waals surface area contributed by atoms with Gasteiger partial charge in [0.1, 0.15) is 6.61 Å². The molecule has 0 aliphatic heterocycles. The Balaban J connectivity index is 1.71. The third kappa shape index (κ3) is 5.59. The first-order chi connectivity index (χ1) is 14.5. The lowest BCUT2D eigenvalue weighted by Gasteiger charge is -2.15. The van der Waals surface area contributed by atoms with Gasteiger partial charge in [-0.05, 0) is 48.9 Å². The van der Waals surface area contributed by atoms with Gasteiger partial charge in [0.15, 0.2) is 11.5 Å². The normalized spacial score (nSPS) is 10.5. The van der Waals surface area contributed by atoms with E-state index >= 15 is 0 Å². The largest absolute Gasteiger partial charge is 0.490 e. The van der Waals surface area contributed by atoms with E-state index < -0.39 is 5.97 Å². The van der Waals surface area contributed by atoms with Crippen LogP contribution >= 0.6 is 23.2 Å². The molecule has 7 heteroatoms. The van der Waals surface area contributed by atoms with Crippen LogP contribution in [0.15, 0.2) is 60.7 Å². The van der Waals surface area contributed by atoms with Crippen LogP contribution in [0, 0.1) is 0 Å². The maximum Gasteiger partial charge on any atom is 0.337 e. The number of carbonyl (C=O) groups is 1. The topological polar surface area (TPSA) is 67.8 Å². The second-order valence-corrected chi connectivity index (χ2v) is 7.26. The fourth-order valence-corrected chi connectivity index (χ4v) is 3.21. The number of anilines is 1. The Hall–Kier alpha value is -2.89. The molecule has 0 heterocycles. The minimum absolute atomic E-state index is 0.0555. The number of nitrogens with one attached hydrogen (secondary N) is 1. The smallest absolute Gasteiger partial charge is 0.337 e. The fraction of sp³-hybridized carbons (Fsp3) is 0.174. The molecule has 0 saturated heterocycles. The number of halogens is 2. The molecule has 156 valence electrons. The van der Waals surface area contributed by atoms with Crippen LogP contribution in [0.5, 0.6) is 11.5 Å². The van der Waals surface area contributed by atoms with E-state index in [1.54, 1.807) is 12.1 Å². The molecule has 0 aromatic heterocycles. The Morgan fingerprint density at radius 2 is 1.77 bits per heavy atom. The van der Waals surface area contributed by atoms with Crippen LogP contribution in [0.3, 0.4) is 0 Å². The summed E-state index contributed by atoms with van der Waals surface area (Å²) in [5.74, 6) is 0.189. The lowest BCUT2D eigenvalue weighted by molar-refractivity contribution is 0.0697. The zero-order valence-corrected chi connectivity index (χ0v) is 17.8. The van der Waals surface area contributed by atoms with Crippen molar-refractivity contribution in [2.24, 2.45) is 0 Å². The van der Waals surface area contributed by atoms with Gasteiger partial charge < -0.3 is 19.9 Å². The quantitative estimate of drug-likeness (QED) is 0.405. The molecule has 0 unspecified atom stereocenters. The highest BCUT2D eigenvalue weighted by Gasteiger charge is 2.11. The SMILES string of the molecule is CCOc1cc(CNc2ccc(Cl)c(C(=O)O)c2)ccc1OCc1ccccc1Cl. The molecular weight excluding hydrogens is 425 g/mol. The van der Waals surface area contributed by atoms with Gasteiger partial charge in [0.2, 0.25) is 0 Å². The summed E-state index contributed by atoms with van der Waals surface area (Å²) in [6.07, 6.45) is 0. The van der Waals surface area contributed by atoms with E-state index in [4.69, 9.17) is 32.7 Å². The summed E-state index contributed by atoms with van der Waals surface area (Å²) in [6.45, 7) is 3.22. The average Bonchev–Trinajstić information content (AvgIpc) is 2.73. The predicted molar refractivity (Wildman–Crippen MR) is 119 cm³/mol. The van der Waals surface area contributed by atoms with Crippen LogP contribution in [-0.2, 0) is 13.2 Å². The van der Waals surface area contributed by atoms with E-state index in [1.807, 2.05) is 49.4 Å². The number of carboxylic acids is 1. The lowest BCUT2D eigenvalue weighted by Crippen LogP contribution is -2.04. The Labute approximate surface area is 185 Å². The van der Waals surface area contributed by atoms with E-state index in [-0.39, 0.29) is 10.6 Å². The van der Waals surface area contributed by atoms with Crippen molar-refractivity contribution in [1.29, 1.82) is 0 Å². The van der Waals surface area contributed by atoms with Gasteiger partial charge in [-0.1, -0.05) is 47.5 Å². The molecule has 0 fully saturated rings. The van der Waals surface area contributed by atoms with Crippen molar-refractivity contribution in [2.75, 3.05) is 11.9 Å². The summed E-state index contributed by atoms with van der Waals surface area (Å²) in [7, 11) is 0. The summed E-state index contributed by atoms with van der Waals surface area (Å²) in [6, 6.07) is 18.0. The van der Waals surface area contributed by atoms with Crippen LogP contribution in [0.25, 0.3) is 0 Å². The fourth-order valence-electron chi connectivity index (χ4n) is 2.82. The standard InChI is InChI=1S/C23H21Cl2NO4/c1-2-29-22-11-15(13-26-17-8-9-20(25)18(12-17)23(27)28)7-10-21(22)30-14-16-5-3-4-6-19(16)24/h3-12,26H,2,13-14H2,1H3,(H,27,28). The van der Waals surface area contributed by atoms with Gasteiger partial charge in [-0.2, -0.15) is 0 Å². The zero-order valence-electron chi connectivity index (χ0n) is 16.3. The summed E-state index contributed by atoms with van der Waals surface area (Å²) in [4.78, 5) is 11.2. The number of benzene rings is 3. The van der Waals surface area contributed by atoms with Crippen LogP contribution in [0.2, 0.25) is 10.0 Å². The monoisotopic (exact) mass is 445 g/mol. The molecular formula is C23H21Cl2NO4. The van der Waals surface area contributed by atoms with Crippen molar-refractivity contribution >= 4 is 34.9 Å². The van der Waals surface area contributed by atoms with Crippen molar-refractivity contribution in [1.82, 2.24) is 0 Å². The molecule has 2 N–H and O–H groups in total. The second-order valence-electron chi connectivity index (χ2n) is 6.45. The van der Waals surface area contributed by atoms with Crippen LogP contribution in [0.4, 0.5) is 5.69 Å². The van der Waals surface area contributed by atoms with E-state index in [9.17, 15) is 9.90 Å². The molecule has 0 atom stereocenters. The van der Waals surface area contributed by atoms with Crippen molar-refractivity contribution in [3.05, 3.63) is 87.4 Å². The highest BCUT2D eigenvalue weighted by atomic mass is 35.5. The molecule has 0 spiro atoms. The number of hydrogen-bond acceptors (Lipinski definition) is 4. The molecule has 0 radical (unpaired) electrons. The molecule has 0 aliphatic carbocycles. The Kier molecular flexibility index (Phi) is 7.44. The number of hydrogen-bond donors (Lipinski definition) is 2. The van der Waals surface area contributed by atoms with Crippen molar-refractivity contribution in [2.45, 2.75) is 20.1 Å². The molecule has 3 aromatic rings. The van der Waals surface area contributed by atoms with Crippen molar-refractivity contribution in [3.63, 3.8) is 0 Å². The molecule has 3 rings (SSSR count). The minimum atomic E-state index is -1.07. The average molecular weight is 446 g/mol. The second kappa shape index (κ2) is 10.2. The predicted octanol–water partition coefficient (Wildman–Crippen LogP) is 6.28. The molecule has 30 heavy (non-hydrogen) atoms. The van der Waals surface area contributed by atoms with Gasteiger partial charge in [-0.3, -0.25) is 0 Å². The number of carboxylic acid groups (broad SMARTS) is 1. The Morgan fingerprint density at radius 3 is 2.50 bits per heavy atom. The first kappa shape index (κ1) is 21.8. The third-order valence-electron chi connectivity index (χ3n) is 4.34. The van der Waals surface area contributed by atoms with E-state index in [1.165, 1.54) is 6.07 Å². The molecule has 0 bridgehead atoms.